The van der Waals surface area contributed by atoms with Crippen molar-refractivity contribution in [2.75, 3.05) is 0 Å². The molecule has 4 fully saturated rings. The van der Waals surface area contributed by atoms with E-state index in [0.717, 1.165) is 36.5 Å². The Morgan fingerprint density at radius 1 is 1.07 bits per heavy atom. The molecule has 1 aromatic carbocycles. The van der Waals surface area contributed by atoms with E-state index >= 15 is 0 Å². The molecule has 0 saturated heterocycles. The molecule has 1 heterocycles. The van der Waals surface area contributed by atoms with Gasteiger partial charge in [-0.2, -0.15) is 0 Å². The van der Waals surface area contributed by atoms with Crippen LogP contribution in [0.25, 0.3) is 17.5 Å². The van der Waals surface area contributed by atoms with Gasteiger partial charge in [0.05, 0.1) is 0 Å². The van der Waals surface area contributed by atoms with Crippen LogP contribution in [-0.2, 0) is 10.2 Å². The highest BCUT2D eigenvalue weighted by atomic mass is 16.5. The number of aromatic hydroxyl groups is 1. The maximum Gasteiger partial charge on any atom is 0.328 e. The number of hydrogen-bond acceptors (Lipinski definition) is 6. The first kappa shape index (κ1) is 19.2. The molecule has 4 bridgehead atoms. The van der Waals surface area contributed by atoms with Gasteiger partial charge in [-0.05, 0) is 62.3 Å². The van der Waals surface area contributed by atoms with E-state index in [9.17, 15) is 20.1 Å². The standard InChI is InChI=1S/C23H24N2O5/c26-19-3-2-15(21-24-11-13(12-25-21)1-4-20(27)28)7-18(19)22-8-14-5-16(9-22)23(29,30)17(6-14)10-22/h1-4,7,11-12,14,16-17,26,29-30H,5-6,8-10H2,(H,27,28). The number of phenolic OH excluding ortho intramolecular Hbond substituents is 1. The summed E-state index contributed by atoms with van der Waals surface area (Å²) in [5.41, 5.74) is 1.94. The lowest BCUT2D eigenvalue weighted by Crippen LogP contribution is -2.62. The Labute approximate surface area is 173 Å². The molecule has 4 aliphatic carbocycles. The van der Waals surface area contributed by atoms with E-state index in [2.05, 4.69) is 9.97 Å². The zero-order valence-electron chi connectivity index (χ0n) is 16.4. The van der Waals surface area contributed by atoms with Gasteiger partial charge in [-0.3, -0.25) is 0 Å². The summed E-state index contributed by atoms with van der Waals surface area (Å²) in [6.07, 6.45) is 9.52. The molecule has 2 atom stereocenters. The molecule has 0 radical (unpaired) electrons. The molecule has 0 spiro atoms. The second-order valence-electron chi connectivity index (χ2n) is 9.15. The molecule has 0 amide bonds. The molecule has 2 aromatic rings. The monoisotopic (exact) mass is 408 g/mol. The van der Waals surface area contributed by atoms with E-state index in [1.165, 1.54) is 6.08 Å². The summed E-state index contributed by atoms with van der Waals surface area (Å²) in [5, 5.41) is 40.6. The fourth-order valence-corrected chi connectivity index (χ4v) is 6.13. The van der Waals surface area contributed by atoms with Crippen LogP contribution in [0.1, 0.15) is 43.2 Å². The van der Waals surface area contributed by atoms with E-state index in [1.807, 2.05) is 6.07 Å². The predicted octanol–water partition coefficient (Wildman–Crippen LogP) is 2.71. The molecule has 7 heteroatoms. The summed E-state index contributed by atoms with van der Waals surface area (Å²) >= 11 is 0. The zero-order valence-corrected chi connectivity index (χ0v) is 16.4. The van der Waals surface area contributed by atoms with Gasteiger partial charge in [-0.1, -0.05) is 0 Å². The largest absolute Gasteiger partial charge is 0.508 e. The van der Waals surface area contributed by atoms with Crippen molar-refractivity contribution in [3.63, 3.8) is 0 Å². The lowest BCUT2D eigenvalue weighted by atomic mass is 9.46. The minimum absolute atomic E-state index is 0.164. The summed E-state index contributed by atoms with van der Waals surface area (Å²) in [4.78, 5) is 19.4. The van der Waals surface area contributed by atoms with E-state index in [4.69, 9.17) is 5.11 Å². The highest BCUT2D eigenvalue weighted by Gasteiger charge is 2.62. The molecule has 4 saturated carbocycles. The number of hydrogen-bond donors (Lipinski definition) is 4. The third-order valence-corrected chi connectivity index (χ3v) is 7.31. The maximum atomic E-state index is 10.7. The van der Waals surface area contributed by atoms with Gasteiger partial charge < -0.3 is 20.4 Å². The minimum Gasteiger partial charge on any atom is -0.508 e. The summed E-state index contributed by atoms with van der Waals surface area (Å²) in [7, 11) is 0. The van der Waals surface area contributed by atoms with E-state index in [-0.39, 0.29) is 23.0 Å². The van der Waals surface area contributed by atoms with Crippen LogP contribution in [-0.4, -0.2) is 42.2 Å². The summed E-state index contributed by atoms with van der Waals surface area (Å²) in [6, 6.07) is 5.36. The maximum absolute atomic E-state index is 10.7. The fourth-order valence-electron chi connectivity index (χ4n) is 6.13. The third-order valence-electron chi connectivity index (χ3n) is 7.31. The van der Waals surface area contributed by atoms with Crippen LogP contribution in [0.5, 0.6) is 5.75 Å². The molecule has 6 rings (SSSR count). The Kier molecular flexibility index (Phi) is 4.24. The van der Waals surface area contributed by atoms with E-state index in [0.29, 0.717) is 30.1 Å². The Morgan fingerprint density at radius 3 is 2.37 bits per heavy atom. The zero-order chi connectivity index (χ0) is 21.1. The van der Waals surface area contributed by atoms with Crippen LogP contribution in [0.15, 0.2) is 36.7 Å². The van der Waals surface area contributed by atoms with Crippen LogP contribution in [0, 0.1) is 17.8 Å². The number of carbonyl (C=O) groups is 1. The normalized spacial score (nSPS) is 31.3. The van der Waals surface area contributed by atoms with Crippen LogP contribution in [0.4, 0.5) is 0 Å². The third kappa shape index (κ3) is 3.00. The van der Waals surface area contributed by atoms with Gasteiger partial charge in [0.1, 0.15) is 5.75 Å². The molecule has 4 N–H and O–H groups in total. The smallest absolute Gasteiger partial charge is 0.328 e. The number of nitrogens with zero attached hydrogens (tertiary/aromatic N) is 2. The Bertz CT molecular complexity index is 1010. The fraction of sp³-hybridized carbons (Fsp3) is 0.435. The molecule has 156 valence electrons. The molecule has 2 unspecified atom stereocenters. The van der Waals surface area contributed by atoms with E-state index in [1.54, 1.807) is 24.5 Å². The first-order valence-corrected chi connectivity index (χ1v) is 10.3. The van der Waals surface area contributed by atoms with Crippen molar-refractivity contribution in [3.05, 3.63) is 47.8 Å². The molecule has 0 aliphatic heterocycles. The van der Waals surface area contributed by atoms with Crippen LogP contribution >= 0.6 is 0 Å². The van der Waals surface area contributed by atoms with Crippen molar-refractivity contribution in [1.29, 1.82) is 0 Å². The number of rotatable bonds is 4. The molecule has 7 nitrogen and oxygen atoms in total. The summed E-state index contributed by atoms with van der Waals surface area (Å²) in [6.45, 7) is 0. The first-order chi connectivity index (χ1) is 14.3. The lowest BCUT2D eigenvalue weighted by molar-refractivity contribution is -0.297. The van der Waals surface area contributed by atoms with Crippen molar-refractivity contribution >= 4 is 12.0 Å². The second-order valence-corrected chi connectivity index (χ2v) is 9.15. The summed E-state index contributed by atoms with van der Waals surface area (Å²) < 4.78 is 0. The topological polar surface area (TPSA) is 124 Å². The number of carboxylic acids is 1. The number of benzene rings is 1. The van der Waals surface area contributed by atoms with Crippen LogP contribution in [0.3, 0.4) is 0 Å². The quantitative estimate of drug-likeness (QED) is 0.453. The second kappa shape index (κ2) is 6.62. The van der Waals surface area contributed by atoms with Gasteiger partial charge in [0, 0.05) is 52.4 Å². The number of phenols is 1. The average molecular weight is 408 g/mol. The molecule has 4 aliphatic rings. The number of aliphatic carboxylic acids is 1. The minimum atomic E-state index is -1.60. The Hall–Kier alpha value is -2.77. The molecular weight excluding hydrogens is 384 g/mol. The van der Waals surface area contributed by atoms with E-state index < -0.39 is 11.8 Å². The van der Waals surface area contributed by atoms with Gasteiger partial charge in [0.15, 0.2) is 11.6 Å². The lowest BCUT2D eigenvalue weighted by Gasteiger charge is -2.61. The van der Waals surface area contributed by atoms with Crippen LogP contribution < -0.4 is 0 Å². The van der Waals surface area contributed by atoms with Crippen molar-refractivity contribution in [3.8, 4) is 17.1 Å². The Morgan fingerprint density at radius 2 is 1.73 bits per heavy atom. The van der Waals surface area contributed by atoms with Crippen molar-refractivity contribution in [1.82, 2.24) is 9.97 Å². The average Bonchev–Trinajstić information content (AvgIpc) is 2.71. The molecule has 1 aromatic heterocycles. The number of aliphatic hydroxyl groups is 2. The van der Waals surface area contributed by atoms with Gasteiger partial charge in [0.25, 0.3) is 0 Å². The van der Waals surface area contributed by atoms with Gasteiger partial charge >= 0.3 is 5.97 Å². The summed E-state index contributed by atoms with van der Waals surface area (Å²) in [5.74, 6) is -1.79. The number of aromatic nitrogens is 2. The van der Waals surface area contributed by atoms with Gasteiger partial charge in [0.2, 0.25) is 0 Å². The van der Waals surface area contributed by atoms with Crippen LogP contribution in [0.2, 0.25) is 0 Å². The highest BCUT2D eigenvalue weighted by molar-refractivity contribution is 5.85. The Balaban J connectivity index is 1.49. The van der Waals surface area contributed by atoms with Crippen molar-refractivity contribution in [2.24, 2.45) is 17.8 Å². The highest BCUT2D eigenvalue weighted by Crippen LogP contribution is 2.64. The SMILES string of the molecule is O=C(O)C=Cc1cnc(-c2ccc(O)c(C34CC5CC(C3)C(O)(O)C(C5)C4)c2)nc1. The first-order valence-electron chi connectivity index (χ1n) is 10.3. The van der Waals surface area contributed by atoms with Gasteiger partial charge in [-0.15, -0.1) is 0 Å². The molecular formula is C23H24N2O5. The van der Waals surface area contributed by atoms with Crippen molar-refractivity contribution in [2.45, 2.75) is 43.3 Å². The predicted molar refractivity (Wildman–Crippen MR) is 108 cm³/mol. The number of carboxylic acid groups (broad SMARTS) is 1. The van der Waals surface area contributed by atoms with Gasteiger partial charge in [-0.25, -0.2) is 14.8 Å². The van der Waals surface area contributed by atoms with Crippen molar-refractivity contribution < 1.29 is 25.2 Å². The molecule has 30 heavy (non-hydrogen) atoms.